The minimum Gasteiger partial charge on any atom is -0.378 e. The SMILES string of the molecule is O=C(CN(c1cccc(Cl)c1)S(=O)(=O)c1ccccc1)NCCCOC1CCCC1. The molecule has 0 spiro atoms. The van der Waals surface area contributed by atoms with E-state index in [-0.39, 0.29) is 17.3 Å². The van der Waals surface area contributed by atoms with E-state index in [1.807, 2.05) is 0 Å². The molecule has 1 aliphatic rings. The van der Waals surface area contributed by atoms with Crippen LogP contribution in [0.2, 0.25) is 5.02 Å². The molecule has 0 aromatic heterocycles. The van der Waals surface area contributed by atoms with Crippen LogP contribution in [0, 0.1) is 0 Å². The van der Waals surface area contributed by atoms with Gasteiger partial charge < -0.3 is 10.1 Å². The first-order valence-corrected chi connectivity index (χ1v) is 12.0. The Morgan fingerprint density at radius 2 is 1.83 bits per heavy atom. The minimum atomic E-state index is -3.92. The average Bonchev–Trinajstić information content (AvgIpc) is 3.26. The minimum absolute atomic E-state index is 0.114. The number of benzene rings is 2. The first-order valence-electron chi connectivity index (χ1n) is 10.2. The van der Waals surface area contributed by atoms with Crippen molar-refractivity contribution in [3.63, 3.8) is 0 Å². The Labute approximate surface area is 183 Å². The molecule has 0 atom stereocenters. The Morgan fingerprint density at radius 3 is 2.53 bits per heavy atom. The molecule has 0 radical (unpaired) electrons. The highest BCUT2D eigenvalue weighted by molar-refractivity contribution is 7.92. The molecule has 1 N–H and O–H groups in total. The van der Waals surface area contributed by atoms with E-state index in [1.54, 1.807) is 36.4 Å². The number of rotatable bonds is 10. The lowest BCUT2D eigenvalue weighted by Crippen LogP contribution is -2.41. The maximum Gasteiger partial charge on any atom is 0.264 e. The van der Waals surface area contributed by atoms with Crippen molar-refractivity contribution in [2.24, 2.45) is 0 Å². The van der Waals surface area contributed by atoms with Crippen LogP contribution in [0.5, 0.6) is 0 Å². The highest BCUT2D eigenvalue weighted by atomic mass is 35.5. The molecule has 6 nitrogen and oxygen atoms in total. The molecule has 1 fully saturated rings. The zero-order valence-electron chi connectivity index (χ0n) is 16.8. The molecular weight excluding hydrogens is 424 g/mol. The fourth-order valence-electron chi connectivity index (χ4n) is 3.46. The fourth-order valence-corrected chi connectivity index (χ4v) is 5.08. The molecular formula is C22H27ClN2O4S. The highest BCUT2D eigenvalue weighted by Gasteiger charge is 2.27. The van der Waals surface area contributed by atoms with Gasteiger partial charge in [-0.3, -0.25) is 9.10 Å². The third kappa shape index (κ3) is 6.20. The third-order valence-corrected chi connectivity index (χ3v) is 7.04. The second-order valence-electron chi connectivity index (χ2n) is 7.29. The zero-order chi connectivity index (χ0) is 21.4. The van der Waals surface area contributed by atoms with E-state index in [0.29, 0.717) is 36.4 Å². The van der Waals surface area contributed by atoms with E-state index in [0.717, 1.165) is 17.1 Å². The number of halogens is 1. The van der Waals surface area contributed by atoms with Crippen molar-refractivity contribution < 1.29 is 17.9 Å². The molecule has 3 rings (SSSR count). The van der Waals surface area contributed by atoms with Crippen molar-refractivity contribution in [3.8, 4) is 0 Å². The van der Waals surface area contributed by atoms with Gasteiger partial charge in [-0.1, -0.05) is 48.7 Å². The predicted molar refractivity (Wildman–Crippen MR) is 118 cm³/mol. The second kappa shape index (κ2) is 10.8. The molecule has 1 amide bonds. The summed E-state index contributed by atoms with van der Waals surface area (Å²) in [7, 11) is -3.92. The molecule has 0 bridgehead atoms. The van der Waals surface area contributed by atoms with Gasteiger partial charge in [-0.2, -0.15) is 0 Å². The van der Waals surface area contributed by atoms with Crippen molar-refractivity contribution in [2.75, 3.05) is 24.0 Å². The van der Waals surface area contributed by atoms with Crippen LogP contribution < -0.4 is 9.62 Å². The quantitative estimate of drug-likeness (QED) is 0.555. The summed E-state index contributed by atoms with van der Waals surface area (Å²) in [6.45, 7) is 0.687. The summed E-state index contributed by atoms with van der Waals surface area (Å²) in [5.74, 6) is -0.379. The average molecular weight is 451 g/mol. The van der Waals surface area contributed by atoms with E-state index in [1.165, 1.54) is 31.0 Å². The van der Waals surface area contributed by atoms with Crippen LogP contribution in [0.1, 0.15) is 32.1 Å². The van der Waals surface area contributed by atoms with Gasteiger partial charge in [-0.05, 0) is 49.6 Å². The number of hydrogen-bond donors (Lipinski definition) is 1. The summed E-state index contributed by atoms with van der Waals surface area (Å²) >= 11 is 6.06. The lowest BCUT2D eigenvalue weighted by molar-refractivity contribution is -0.119. The number of sulfonamides is 1. The van der Waals surface area contributed by atoms with Crippen LogP contribution in [0.15, 0.2) is 59.5 Å². The number of carbonyl (C=O) groups excluding carboxylic acids is 1. The number of anilines is 1. The van der Waals surface area contributed by atoms with Crippen molar-refractivity contribution in [1.29, 1.82) is 0 Å². The number of carbonyl (C=O) groups is 1. The van der Waals surface area contributed by atoms with Crippen LogP contribution in [0.25, 0.3) is 0 Å². The first-order chi connectivity index (χ1) is 14.5. The maximum absolute atomic E-state index is 13.2. The topological polar surface area (TPSA) is 75.7 Å². The number of amides is 1. The van der Waals surface area contributed by atoms with Gasteiger partial charge in [0.05, 0.1) is 16.7 Å². The number of nitrogens with one attached hydrogen (secondary N) is 1. The summed E-state index contributed by atoms with van der Waals surface area (Å²) in [4.78, 5) is 12.6. The summed E-state index contributed by atoms with van der Waals surface area (Å²) in [6.07, 6.45) is 5.68. The normalized spacial score (nSPS) is 14.6. The maximum atomic E-state index is 13.2. The van der Waals surface area contributed by atoms with Crippen molar-refractivity contribution in [1.82, 2.24) is 5.32 Å². The van der Waals surface area contributed by atoms with Crippen molar-refractivity contribution in [3.05, 3.63) is 59.6 Å². The van der Waals surface area contributed by atoms with E-state index in [4.69, 9.17) is 16.3 Å². The van der Waals surface area contributed by atoms with Gasteiger partial charge in [0.2, 0.25) is 5.91 Å². The van der Waals surface area contributed by atoms with Gasteiger partial charge >= 0.3 is 0 Å². The number of ether oxygens (including phenoxy) is 1. The largest absolute Gasteiger partial charge is 0.378 e. The van der Waals surface area contributed by atoms with E-state index in [9.17, 15) is 13.2 Å². The van der Waals surface area contributed by atoms with Gasteiger partial charge in [0.15, 0.2) is 0 Å². The smallest absolute Gasteiger partial charge is 0.264 e. The van der Waals surface area contributed by atoms with Gasteiger partial charge in [0.1, 0.15) is 6.54 Å². The monoisotopic (exact) mass is 450 g/mol. The molecule has 2 aromatic carbocycles. The van der Waals surface area contributed by atoms with E-state index >= 15 is 0 Å². The molecule has 0 unspecified atom stereocenters. The van der Waals surface area contributed by atoms with Gasteiger partial charge in [-0.15, -0.1) is 0 Å². The number of hydrogen-bond acceptors (Lipinski definition) is 4. The standard InChI is InChI=1S/C22H27ClN2O4S/c23-18-8-6-9-19(16-18)25(30(27,28)21-12-2-1-3-13-21)17-22(26)24-14-7-15-29-20-10-4-5-11-20/h1-3,6,8-9,12-13,16,20H,4-5,7,10-11,14-15,17H2,(H,24,26). The van der Waals surface area contributed by atoms with Crippen LogP contribution in [-0.2, 0) is 19.6 Å². The second-order valence-corrected chi connectivity index (χ2v) is 9.58. The van der Waals surface area contributed by atoms with E-state index in [2.05, 4.69) is 5.32 Å². The summed E-state index contributed by atoms with van der Waals surface area (Å²) in [5, 5.41) is 3.18. The van der Waals surface area contributed by atoms with Crippen LogP contribution in [0.4, 0.5) is 5.69 Å². The molecule has 8 heteroatoms. The van der Waals surface area contributed by atoms with E-state index < -0.39 is 10.0 Å². The van der Waals surface area contributed by atoms with Crippen molar-refractivity contribution in [2.45, 2.75) is 43.1 Å². The Bertz CT molecular complexity index is 931. The van der Waals surface area contributed by atoms with Gasteiger partial charge in [0.25, 0.3) is 10.0 Å². The zero-order valence-corrected chi connectivity index (χ0v) is 18.4. The molecule has 0 heterocycles. The van der Waals surface area contributed by atoms with Crippen LogP contribution in [0.3, 0.4) is 0 Å². The first kappa shape index (κ1) is 22.6. The summed E-state index contributed by atoms with van der Waals surface area (Å²) in [5.41, 5.74) is 0.339. The Kier molecular flexibility index (Phi) is 8.13. The van der Waals surface area contributed by atoms with Gasteiger partial charge in [-0.25, -0.2) is 8.42 Å². The molecule has 1 aliphatic carbocycles. The predicted octanol–water partition coefficient (Wildman–Crippen LogP) is 4.00. The van der Waals surface area contributed by atoms with Crippen LogP contribution >= 0.6 is 11.6 Å². The highest BCUT2D eigenvalue weighted by Crippen LogP contribution is 2.26. The number of nitrogens with zero attached hydrogens (tertiary/aromatic N) is 1. The molecule has 162 valence electrons. The third-order valence-electron chi connectivity index (χ3n) is 5.01. The molecule has 0 aliphatic heterocycles. The Morgan fingerprint density at radius 1 is 1.10 bits per heavy atom. The molecule has 30 heavy (non-hydrogen) atoms. The summed E-state index contributed by atoms with van der Waals surface area (Å²) in [6, 6.07) is 14.5. The molecule has 0 saturated heterocycles. The van der Waals surface area contributed by atoms with Crippen LogP contribution in [-0.4, -0.2) is 40.1 Å². The summed E-state index contributed by atoms with van der Waals surface area (Å²) < 4.78 is 33.2. The molecule has 2 aromatic rings. The lowest BCUT2D eigenvalue weighted by Gasteiger charge is -2.24. The Balaban J connectivity index is 1.63. The lowest BCUT2D eigenvalue weighted by atomic mass is 10.3. The van der Waals surface area contributed by atoms with Gasteiger partial charge in [0, 0.05) is 18.2 Å². The Hall–Kier alpha value is -2.09. The molecule has 1 saturated carbocycles. The fraction of sp³-hybridized carbons (Fsp3) is 0.409. The van der Waals surface area contributed by atoms with Crippen molar-refractivity contribution >= 4 is 33.2 Å².